The largest absolute Gasteiger partial charge is 0.481 e. The van der Waals surface area contributed by atoms with Crippen LogP contribution in [0, 0.1) is 0 Å². The highest BCUT2D eigenvalue weighted by molar-refractivity contribution is 5.94. The molecule has 83 heavy (non-hydrogen) atoms. The molecule has 10 N–H and O–H groups in total. The van der Waals surface area contributed by atoms with E-state index < -0.39 is 53.4 Å². The van der Waals surface area contributed by atoms with Crippen LogP contribution < -0.4 is 31.9 Å². The Morgan fingerprint density at radius 2 is 1.16 bits per heavy atom. The van der Waals surface area contributed by atoms with Crippen LogP contribution in [0.15, 0.2) is 12.5 Å². The molecule has 0 bridgehead atoms. The van der Waals surface area contributed by atoms with Crippen molar-refractivity contribution in [3.8, 4) is 0 Å². The number of Topliss-reactive ketones (excluding diaryl/α,β-unsaturated/α-hetero) is 3. The molecule has 0 radical (unpaired) electrons. The number of rotatable bonds is 56. The third kappa shape index (κ3) is 41.8. The Hall–Kier alpha value is -5.73. The highest BCUT2D eigenvalue weighted by atomic mass is 16.5. The van der Waals surface area contributed by atoms with E-state index in [0.717, 1.165) is 57.1 Å². The van der Waals surface area contributed by atoms with Crippen LogP contribution in [-0.2, 0) is 73.3 Å². The van der Waals surface area contributed by atoms with Crippen molar-refractivity contribution in [3.63, 3.8) is 0 Å². The van der Waals surface area contributed by atoms with Crippen molar-refractivity contribution in [1.82, 2.24) is 41.9 Å². The fourth-order valence-electron chi connectivity index (χ4n) is 8.55. The number of nitrogens with zero attached hydrogens (tertiary/aromatic N) is 1. The number of aryl methyl sites for hydroxylation is 1. The van der Waals surface area contributed by atoms with Gasteiger partial charge in [0.15, 0.2) is 17.3 Å². The quantitative estimate of drug-likeness (QED) is 0.0416. The number of aromatic amines is 1. The number of aliphatic carboxylic acids is 2. The molecular formula is C58H100N8O17. The lowest BCUT2D eigenvalue weighted by Gasteiger charge is -2.27. The van der Waals surface area contributed by atoms with Crippen LogP contribution >= 0.6 is 0 Å². The number of aliphatic hydroxyl groups is 1. The molecule has 5 amide bonds. The van der Waals surface area contributed by atoms with Gasteiger partial charge in [-0.25, -0.2) is 9.78 Å². The maximum Gasteiger partial charge on any atom is 0.326 e. The fourth-order valence-corrected chi connectivity index (χ4v) is 8.55. The lowest BCUT2D eigenvalue weighted by Crippen LogP contribution is -2.57. The maximum absolute atomic E-state index is 13.3. The Balaban J connectivity index is 2.11. The number of carboxylic acids is 2. The van der Waals surface area contributed by atoms with E-state index >= 15 is 0 Å². The Labute approximate surface area is 490 Å². The van der Waals surface area contributed by atoms with Gasteiger partial charge in [0, 0.05) is 63.7 Å². The van der Waals surface area contributed by atoms with Gasteiger partial charge in [0.1, 0.15) is 25.3 Å². The van der Waals surface area contributed by atoms with Crippen molar-refractivity contribution in [1.29, 1.82) is 0 Å². The van der Waals surface area contributed by atoms with Crippen molar-refractivity contribution >= 4 is 58.8 Å². The number of carboxylic acid groups (broad SMARTS) is 2. The second-order valence-corrected chi connectivity index (χ2v) is 21.5. The number of nitrogens with one attached hydrogen (secondary N) is 7. The Morgan fingerprint density at radius 3 is 1.73 bits per heavy atom. The zero-order valence-electron chi connectivity index (χ0n) is 49.9. The number of ether oxygens (including phenoxy) is 4. The van der Waals surface area contributed by atoms with Crippen molar-refractivity contribution in [3.05, 3.63) is 18.2 Å². The summed E-state index contributed by atoms with van der Waals surface area (Å²) in [6, 6.07) is -3.24. The summed E-state index contributed by atoms with van der Waals surface area (Å²) in [5.74, 6) is -4.86. The van der Waals surface area contributed by atoms with Crippen LogP contribution in [0.25, 0.3) is 0 Å². The van der Waals surface area contributed by atoms with E-state index in [9.17, 15) is 58.2 Å². The first-order valence-corrected chi connectivity index (χ1v) is 29.9. The van der Waals surface area contributed by atoms with Gasteiger partial charge in [-0.1, -0.05) is 77.0 Å². The third-order valence-electron chi connectivity index (χ3n) is 13.5. The van der Waals surface area contributed by atoms with E-state index in [0.29, 0.717) is 38.7 Å². The van der Waals surface area contributed by atoms with Crippen molar-refractivity contribution in [2.75, 3.05) is 72.5 Å². The van der Waals surface area contributed by atoms with E-state index in [1.807, 2.05) is 0 Å². The molecule has 0 saturated carbocycles. The van der Waals surface area contributed by atoms with Gasteiger partial charge in [-0.3, -0.25) is 48.5 Å². The van der Waals surface area contributed by atoms with E-state index in [1.54, 1.807) is 20.0 Å². The summed E-state index contributed by atoms with van der Waals surface area (Å²) < 4.78 is 21.7. The molecule has 0 aliphatic heterocycles. The molecule has 0 aliphatic carbocycles. The molecule has 1 rings (SSSR count). The van der Waals surface area contributed by atoms with Gasteiger partial charge in [0.2, 0.25) is 29.5 Å². The van der Waals surface area contributed by atoms with Crippen LogP contribution in [-0.4, -0.2) is 186 Å². The number of hydrogen-bond donors (Lipinski definition) is 10. The number of H-pyrrole nitrogens is 1. The van der Waals surface area contributed by atoms with Crippen LogP contribution in [0.4, 0.5) is 0 Å². The number of imidazole rings is 1. The highest BCUT2D eigenvalue weighted by Crippen LogP contribution is 2.15. The molecule has 0 saturated heterocycles. The number of amides is 5. The maximum atomic E-state index is 13.3. The minimum Gasteiger partial charge on any atom is -0.481 e. The van der Waals surface area contributed by atoms with Crippen LogP contribution in [0.5, 0.6) is 0 Å². The first-order chi connectivity index (χ1) is 39.7. The van der Waals surface area contributed by atoms with Crippen molar-refractivity contribution in [2.45, 2.75) is 218 Å². The number of carbonyl (C=O) groups excluding carboxylic acids is 8. The van der Waals surface area contributed by atoms with Gasteiger partial charge < -0.3 is 65.8 Å². The van der Waals surface area contributed by atoms with E-state index in [1.165, 1.54) is 52.3 Å². The topological polar surface area (TPSA) is 369 Å². The van der Waals surface area contributed by atoms with Gasteiger partial charge in [0.05, 0.1) is 63.6 Å². The van der Waals surface area contributed by atoms with E-state index in [-0.39, 0.29) is 146 Å². The molecule has 25 heteroatoms. The second kappa shape index (κ2) is 47.6. The van der Waals surface area contributed by atoms with Gasteiger partial charge in [-0.15, -0.1) is 0 Å². The third-order valence-corrected chi connectivity index (χ3v) is 13.5. The number of ketones is 3. The van der Waals surface area contributed by atoms with E-state index in [4.69, 9.17) is 24.1 Å². The normalized spacial score (nSPS) is 12.8. The lowest BCUT2D eigenvalue weighted by molar-refractivity contribution is -0.142. The molecular weight excluding hydrogens is 1080 g/mol. The molecule has 0 fully saturated rings. The summed E-state index contributed by atoms with van der Waals surface area (Å²) in [5.41, 5.74) is -0.478. The lowest BCUT2D eigenvalue weighted by atomic mass is 9.97. The fraction of sp³-hybridized carbons (Fsp3) is 0.776. The molecule has 0 spiro atoms. The first kappa shape index (κ1) is 75.3. The molecule has 0 aliphatic rings. The van der Waals surface area contributed by atoms with Crippen molar-refractivity contribution in [2.24, 2.45) is 0 Å². The summed E-state index contributed by atoms with van der Waals surface area (Å²) in [4.78, 5) is 129. The summed E-state index contributed by atoms with van der Waals surface area (Å²) in [7, 11) is 0. The summed E-state index contributed by atoms with van der Waals surface area (Å²) >= 11 is 0. The number of aromatic nitrogens is 2. The zero-order chi connectivity index (χ0) is 61.5. The molecule has 25 nitrogen and oxygen atoms in total. The second-order valence-electron chi connectivity index (χ2n) is 21.5. The van der Waals surface area contributed by atoms with Crippen LogP contribution in [0.1, 0.15) is 187 Å². The van der Waals surface area contributed by atoms with E-state index in [2.05, 4.69) is 41.9 Å². The van der Waals surface area contributed by atoms with Gasteiger partial charge >= 0.3 is 11.9 Å². The average Bonchev–Trinajstić information content (AvgIpc) is 4.07. The zero-order valence-corrected chi connectivity index (χ0v) is 49.9. The summed E-state index contributed by atoms with van der Waals surface area (Å²) in [6.45, 7) is 6.82. The van der Waals surface area contributed by atoms with Crippen molar-refractivity contribution < 1.29 is 82.2 Å². The van der Waals surface area contributed by atoms with Gasteiger partial charge in [0.25, 0.3) is 0 Å². The predicted octanol–water partition coefficient (Wildman–Crippen LogP) is 3.71. The number of unbranched alkanes of at least 4 members (excludes halogenated alkanes) is 14. The average molecular weight is 1180 g/mol. The SMILES string of the molecule is CC(=O)[C@@H](NC(=O)[C@H](CCCCNC(=O)COCCOCCCC(=O)COCCOCCNC(=O)CC[C@H](NC(=O)CCCCCCCCCCCCCCCCC(=O)O)C(=O)O)NCC(=O)C(C)(C)NC(=O)CCc1cnc[nH]1)[C@@H](C)O. The molecule has 1 heterocycles. The molecule has 1 aromatic rings. The molecule has 0 unspecified atom stereocenters. The van der Waals surface area contributed by atoms with Gasteiger partial charge in [-0.05, 0) is 79.1 Å². The smallest absolute Gasteiger partial charge is 0.326 e. The molecule has 1 aromatic heterocycles. The minimum absolute atomic E-state index is 0.0455. The first-order valence-electron chi connectivity index (χ1n) is 29.9. The molecule has 0 aromatic carbocycles. The Bertz CT molecular complexity index is 2020. The Morgan fingerprint density at radius 1 is 0.578 bits per heavy atom. The van der Waals surface area contributed by atoms with Crippen LogP contribution in [0.3, 0.4) is 0 Å². The van der Waals surface area contributed by atoms with Crippen LogP contribution in [0.2, 0.25) is 0 Å². The van der Waals surface area contributed by atoms with Gasteiger partial charge in [-0.2, -0.15) is 0 Å². The summed E-state index contributed by atoms with van der Waals surface area (Å²) in [5, 5.41) is 44.4. The molecule has 474 valence electrons. The minimum atomic E-state index is -1.25. The number of aliphatic hydroxyl groups excluding tert-OH is 1. The monoisotopic (exact) mass is 1180 g/mol. The summed E-state index contributed by atoms with van der Waals surface area (Å²) in [6.07, 6.45) is 19.6. The number of hydrogen-bond acceptors (Lipinski definition) is 17. The Kier molecular flexibility index (Phi) is 43.2. The predicted molar refractivity (Wildman–Crippen MR) is 308 cm³/mol. The number of carbonyl (C=O) groups is 10. The molecule has 4 atom stereocenters. The standard InChI is InChI=1S/C58H100N8O17/c1-43(67)55(44(2)68)65-56(77)47(62-39-49(70)58(3,4)66-52(73)28-26-45-38-59-42-63-45)23-19-20-30-60-53(74)41-83-37-34-80-32-21-22-46(69)40-82-36-35-81-33-31-61-50(71)29-27-48(57(78)79)64-51(72)24-17-15-13-11-9-7-5-6-8-10-12-14-16-18-25-54(75)76/h38,42-43,47-48,55,62,67H,5-37,39-41H2,1-4H3,(H,59,63)(H,60,74)(H,61,71)(H,64,72)(H,65,77)(H,66,73)(H,75,76)(H,78,79)/t43-,47+,48+,55+/m1/s1. The highest BCUT2D eigenvalue weighted by Gasteiger charge is 2.32.